The Bertz CT molecular complexity index is 1140. The third-order valence-corrected chi connectivity index (χ3v) is 6.80. The lowest BCUT2D eigenvalue weighted by Gasteiger charge is -2.30. The summed E-state index contributed by atoms with van der Waals surface area (Å²) in [6.45, 7) is 12.6. The van der Waals surface area contributed by atoms with E-state index in [9.17, 15) is 24.4 Å². The van der Waals surface area contributed by atoms with Crippen LogP contribution in [0.4, 0.5) is 4.79 Å². The maximum atomic E-state index is 13.5. The first kappa shape index (κ1) is 31.6. The number of hydrogen-bond donors (Lipinski definition) is 6. The Balaban J connectivity index is 2.24. The van der Waals surface area contributed by atoms with Gasteiger partial charge in [0.1, 0.15) is 23.7 Å². The molecule has 0 spiro atoms. The van der Waals surface area contributed by atoms with Crippen LogP contribution in [0.5, 0.6) is 0 Å². The predicted octanol–water partition coefficient (Wildman–Crippen LogP) is 3.17. The van der Waals surface area contributed by atoms with Gasteiger partial charge in [-0.15, -0.1) is 0 Å². The summed E-state index contributed by atoms with van der Waals surface area (Å²) >= 11 is 0. The van der Waals surface area contributed by atoms with E-state index in [1.807, 2.05) is 52.0 Å². The number of rotatable bonds is 12. The molecular weight excluding hydrogens is 502 g/mol. The fraction of sp³-hybridized carbons (Fsp3) is 0.571. The van der Waals surface area contributed by atoms with Crippen molar-refractivity contribution in [2.75, 3.05) is 0 Å². The van der Waals surface area contributed by atoms with E-state index in [0.29, 0.717) is 12.8 Å². The van der Waals surface area contributed by atoms with Crippen molar-refractivity contribution >= 4 is 34.7 Å². The molecule has 4 amide bonds. The number of carbonyl (C=O) groups is 4. The van der Waals surface area contributed by atoms with Gasteiger partial charge in [-0.05, 0) is 44.2 Å². The molecule has 2 aromatic rings. The molecule has 0 aliphatic heterocycles. The molecule has 1 aromatic carbocycles. The molecule has 0 aliphatic rings. The van der Waals surface area contributed by atoms with Gasteiger partial charge >= 0.3 is 6.09 Å². The van der Waals surface area contributed by atoms with Crippen LogP contribution in [0.25, 0.3) is 10.9 Å². The maximum Gasteiger partial charge on any atom is 0.408 e. The fourth-order valence-corrected chi connectivity index (χ4v) is 4.15. The van der Waals surface area contributed by atoms with Crippen LogP contribution in [0.15, 0.2) is 30.5 Å². The maximum absolute atomic E-state index is 13.5. The zero-order valence-corrected chi connectivity index (χ0v) is 23.9. The van der Waals surface area contributed by atoms with Crippen molar-refractivity contribution < 1.29 is 29.1 Å². The van der Waals surface area contributed by atoms with Crippen molar-refractivity contribution in [3.63, 3.8) is 0 Å². The summed E-state index contributed by atoms with van der Waals surface area (Å²) in [6.07, 6.45) is 2.29. The standard InChI is InChI=1S/C28H43N5O6/c1-8-16(3)22(31-26(36)23(17(4)9-2)32-27(37)39-28(5,6)7)25(35)30-21(24(34)33-38)14-18-15-29-20-13-11-10-12-19(18)20/h10-13,15-17,21-23,29,38H,8-9,14H2,1-7H3,(H,30,35)(H,31,36)(H,32,37)(H,33,34)/t16-,17-,21+,22-,23-/m0/s1. The molecule has 2 rings (SSSR count). The SMILES string of the molecule is CC[C@H](C)[C@H](NC(=O)OC(C)(C)C)C(=O)N[C@H](C(=O)N[C@H](Cc1c[nH]c2ccccc12)C(=O)NO)[C@@H](C)CC. The molecule has 39 heavy (non-hydrogen) atoms. The van der Waals surface area contributed by atoms with Crippen molar-refractivity contribution in [3.05, 3.63) is 36.0 Å². The van der Waals surface area contributed by atoms with Crippen LogP contribution in [0.2, 0.25) is 0 Å². The van der Waals surface area contributed by atoms with Crippen LogP contribution < -0.4 is 21.4 Å². The zero-order chi connectivity index (χ0) is 29.3. The molecular formula is C28H43N5O6. The Kier molecular flexibility index (Phi) is 11.3. The number of aromatic nitrogens is 1. The van der Waals surface area contributed by atoms with E-state index in [1.165, 1.54) is 0 Å². The highest BCUT2D eigenvalue weighted by atomic mass is 16.6. The van der Waals surface area contributed by atoms with Gasteiger partial charge in [0.2, 0.25) is 11.8 Å². The van der Waals surface area contributed by atoms with E-state index < -0.39 is 47.5 Å². The lowest BCUT2D eigenvalue weighted by atomic mass is 9.94. The van der Waals surface area contributed by atoms with Crippen LogP contribution >= 0.6 is 0 Å². The second-order valence-electron chi connectivity index (χ2n) is 11.0. The zero-order valence-electron chi connectivity index (χ0n) is 23.9. The van der Waals surface area contributed by atoms with Crippen LogP contribution in [-0.2, 0) is 25.5 Å². The third kappa shape index (κ3) is 8.98. The predicted molar refractivity (Wildman–Crippen MR) is 148 cm³/mol. The lowest BCUT2D eigenvalue weighted by Crippen LogP contribution is -2.59. The molecule has 0 saturated carbocycles. The van der Waals surface area contributed by atoms with Gasteiger partial charge in [-0.1, -0.05) is 58.7 Å². The van der Waals surface area contributed by atoms with E-state index in [0.717, 1.165) is 16.5 Å². The Hall–Kier alpha value is -3.60. The number of alkyl carbamates (subject to hydrolysis) is 1. The summed E-state index contributed by atoms with van der Waals surface area (Å²) in [5, 5.41) is 18.3. The summed E-state index contributed by atoms with van der Waals surface area (Å²) in [6, 6.07) is 4.50. The van der Waals surface area contributed by atoms with Crippen LogP contribution in [-0.4, -0.2) is 57.7 Å². The van der Waals surface area contributed by atoms with E-state index in [2.05, 4.69) is 20.9 Å². The van der Waals surface area contributed by atoms with Crippen molar-refractivity contribution in [1.29, 1.82) is 0 Å². The molecule has 216 valence electrons. The third-order valence-electron chi connectivity index (χ3n) is 6.80. The second-order valence-corrected chi connectivity index (χ2v) is 11.0. The van der Waals surface area contributed by atoms with Gasteiger partial charge < -0.3 is 25.7 Å². The summed E-state index contributed by atoms with van der Waals surface area (Å²) in [5.74, 6) is -2.43. The summed E-state index contributed by atoms with van der Waals surface area (Å²) in [5.41, 5.74) is 2.53. The molecule has 11 nitrogen and oxygen atoms in total. The average Bonchev–Trinajstić information content (AvgIpc) is 3.30. The molecule has 5 atom stereocenters. The van der Waals surface area contributed by atoms with Crippen LogP contribution in [0, 0.1) is 11.8 Å². The van der Waals surface area contributed by atoms with Gasteiger partial charge in [-0.25, -0.2) is 10.3 Å². The van der Waals surface area contributed by atoms with Crippen molar-refractivity contribution in [3.8, 4) is 0 Å². The van der Waals surface area contributed by atoms with Crippen molar-refractivity contribution in [2.45, 2.75) is 91.5 Å². The Morgan fingerprint density at radius 1 is 0.897 bits per heavy atom. The lowest BCUT2D eigenvalue weighted by molar-refractivity contribution is -0.136. The van der Waals surface area contributed by atoms with Gasteiger partial charge in [0, 0.05) is 23.5 Å². The van der Waals surface area contributed by atoms with Crippen molar-refractivity contribution in [1.82, 2.24) is 26.4 Å². The average molecular weight is 546 g/mol. The number of carbonyl (C=O) groups excluding carboxylic acids is 4. The smallest absolute Gasteiger partial charge is 0.408 e. The van der Waals surface area contributed by atoms with Gasteiger partial charge in [-0.3, -0.25) is 19.6 Å². The van der Waals surface area contributed by atoms with Gasteiger partial charge in [0.15, 0.2) is 0 Å². The first-order chi connectivity index (χ1) is 18.3. The van der Waals surface area contributed by atoms with E-state index in [1.54, 1.807) is 32.4 Å². The first-order valence-electron chi connectivity index (χ1n) is 13.4. The minimum absolute atomic E-state index is 0.110. The number of hydrogen-bond acceptors (Lipinski definition) is 6. The molecule has 0 unspecified atom stereocenters. The normalized spacial score (nSPS) is 15.4. The number of H-pyrrole nitrogens is 1. The molecule has 0 bridgehead atoms. The van der Waals surface area contributed by atoms with Crippen LogP contribution in [0.3, 0.4) is 0 Å². The van der Waals surface area contributed by atoms with E-state index in [-0.39, 0.29) is 18.3 Å². The molecule has 0 fully saturated rings. The molecule has 6 N–H and O–H groups in total. The Morgan fingerprint density at radius 2 is 1.46 bits per heavy atom. The number of benzene rings is 1. The number of ether oxygens (including phenoxy) is 1. The number of hydroxylamine groups is 1. The Morgan fingerprint density at radius 3 is 2.03 bits per heavy atom. The number of amides is 4. The highest BCUT2D eigenvalue weighted by Gasteiger charge is 2.34. The number of nitrogens with one attached hydrogen (secondary N) is 5. The number of para-hydroxylation sites is 1. The fourth-order valence-electron chi connectivity index (χ4n) is 4.15. The quantitative estimate of drug-likeness (QED) is 0.177. The molecule has 1 aromatic heterocycles. The van der Waals surface area contributed by atoms with Gasteiger partial charge in [0.25, 0.3) is 5.91 Å². The van der Waals surface area contributed by atoms with E-state index in [4.69, 9.17) is 4.74 Å². The largest absolute Gasteiger partial charge is 0.444 e. The number of fused-ring (bicyclic) bond motifs is 1. The minimum Gasteiger partial charge on any atom is -0.444 e. The molecule has 0 aliphatic carbocycles. The highest BCUT2D eigenvalue weighted by Crippen LogP contribution is 2.20. The van der Waals surface area contributed by atoms with Crippen molar-refractivity contribution in [2.24, 2.45) is 11.8 Å². The Labute approximate surface area is 229 Å². The molecule has 0 saturated heterocycles. The topological polar surface area (TPSA) is 162 Å². The monoisotopic (exact) mass is 545 g/mol. The van der Waals surface area contributed by atoms with Crippen LogP contribution in [0.1, 0.15) is 66.9 Å². The summed E-state index contributed by atoms with van der Waals surface area (Å²) in [7, 11) is 0. The number of aromatic amines is 1. The molecule has 1 heterocycles. The van der Waals surface area contributed by atoms with Gasteiger partial charge in [-0.2, -0.15) is 0 Å². The second kappa shape index (κ2) is 14.0. The highest BCUT2D eigenvalue weighted by molar-refractivity contribution is 5.94. The van der Waals surface area contributed by atoms with E-state index >= 15 is 0 Å². The first-order valence-corrected chi connectivity index (χ1v) is 13.4. The molecule has 0 radical (unpaired) electrons. The summed E-state index contributed by atoms with van der Waals surface area (Å²) in [4.78, 5) is 54.9. The molecule has 11 heteroatoms. The summed E-state index contributed by atoms with van der Waals surface area (Å²) < 4.78 is 5.33. The van der Waals surface area contributed by atoms with Gasteiger partial charge in [0.05, 0.1) is 0 Å². The minimum atomic E-state index is -1.10.